The summed E-state index contributed by atoms with van der Waals surface area (Å²) in [5, 5.41) is 3.63. The lowest BCUT2D eigenvalue weighted by Gasteiger charge is -2.11. The zero-order chi connectivity index (χ0) is 14.4. The molecule has 2 N–H and O–H groups in total. The highest BCUT2D eigenvalue weighted by molar-refractivity contribution is 6.30. The third-order valence-electron chi connectivity index (χ3n) is 2.68. The van der Waals surface area contributed by atoms with Gasteiger partial charge in [-0.2, -0.15) is 8.78 Å². The van der Waals surface area contributed by atoms with Crippen LogP contribution in [0.2, 0.25) is 5.02 Å². The number of ether oxygens (including phenoxy) is 1. The van der Waals surface area contributed by atoms with Crippen LogP contribution in [0.4, 0.5) is 8.78 Å². The first-order valence-electron chi connectivity index (χ1n) is 6.06. The number of nitrogens with zero attached hydrogens (tertiary/aromatic N) is 1. The topological polar surface area (TPSA) is 49.9 Å². The lowest BCUT2D eigenvalue weighted by atomic mass is 10.2. The predicted molar refractivity (Wildman–Crippen MR) is 72.1 cm³/mol. The van der Waals surface area contributed by atoms with Gasteiger partial charge in [0.2, 0.25) is 0 Å². The van der Waals surface area contributed by atoms with Crippen LogP contribution < -0.4 is 10.1 Å². The number of aromatic amines is 1. The smallest absolute Gasteiger partial charge is 0.387 e. The quantitative estimate of drug-likeness (QED) is 0.773. The molecule has 0 aliphatic rings. The van der Waals surface area contributed by atoms with E-state index < -0.39 is 6.61 Å². The van der Waals surface area contributed by atoms with Crippen molar-refractivity contribution in [2.45, 2.75) is 19.6 Å². The molecule has 0 unspecified atom stereocenters. The van der Waals surface area contributed by atoms with Gasteiger partial charge in [-0.25, -0.2) is 4.98 Å². The van der Waals surface area contributed by atoms with Gasteiger partial charge < -0.3 is 15.0 Å². The second kappa shape index (κ2) is 7.21. The van der Waals surface area contributed by atoms with Crippen molar-refractivity contribution in [3.05, 3.63) is 47.0 Å². The van der Waals surface area contributed by atoms with E-state index >= 15 is 0 Å². The van der Waals surface area contributed by atoms with E-state index in [0.717, 1.165) is 12.1 Å². The molecule has 2 rings (SSSR count). The molecule has 0 radical (unpaired) electrons. The Morgan fingerprint density at radius 3 is 2.95 bits per heavy atom. The van der Waals surface area contributed by atoms with E-state index in [-0.39, 0.29) is 5.75 Å². The lowest BCUT2D eigenvalue weighted by Crippen LogP contribution is -2.18. The Bertz CT molecular complexity index is 534. The molecular weight excluding hydrogens is 288 g/mol. The number of aromatic nitrogens is 2. The number of H-pyrrole nitrogens is 1. The number of rotatable bonds is 7. The molecule has 1 heterocycles. The average molecular weight is 302 g/mol. The normalized spacial score (nSPS) is 11.0. The van der Waals surface area contributed by atoms with Crippen molar-refractivity contribution in [3.63, 3.8) is 0 Å². The van der Waals surface area contributed by atoms with Gasteiger partial charge >= 0.3 is 6.61 Å². The van der Waals surface area contributed by atoms with E-state index in [0.29, 0.717) is 23.7 Å². The molecule has 0 saturated carbocycles. The molecular formula is C13H14ClF2N3O. The standard InChI is InChI=1S/C13H14ClF2N3O/c14-10-1-2-12(20-13(15)16)9(5-10)6-17-4-3-11-7-18-8-19-11/h1-2,5,7-8,13,17H,3-4,6H2,(H,18,19). The second-order valence-corrected chi connectivity index (χ2v) is 4.57. The SMILES string of the molecule is FC(F)Oc1ccc(Cl)cc1CNCCc1cnc[nH]1. The van der Waals surface area contributed by atoms with Crippen LogP contribution in [0.5, 0.6) is 5.75 Å². The first kappa shape index (κ1) is 14.7. The fourth-order valence-electron chi connectivity index (χ4n) is 1.76. The molecule has 0 fully saturated rings. The van der Waals surface area contributed by atoms with E-state index in [1.165, 1.54) is 12.1 Å². The third kappa shape index (κ3) is 4.47. The van der Waals surface area contributed by atoms with Gasteiger partial charge in [-0.15, -0.1) is 0 Å². The Balaban J connectivity index is 1.88. The van der Waals surface area contributed by atoms with Crippen molar-refractivity contribution in [3.8, 4) is 5.75 Å². The molecule has 0 saturated heterocycles. The summed E-state index contributed by atoms with van der Waals surface area (Å²) < 4.78 is 29.0. The molecule has 7 heteroatoms. The van der Waals surface area contributed by atoms with Crippen molar-refractivity contribution in [1.29, 1.82) is 0 Å². The van der Waals surface area contributed by atoms with Gasteiger partial charge in [0.05, 0.1) is 6.33 Å². The van der Waals surface area contributed by atoms with E-state index in [1.807, 2.05) is 0 Å². The van der Waals surface area contributed by atoms with Gasteiger partial charge in [0, 0.05) is 42.0 Å². The first-order chi connectivity index (χ1) is 9.65. The Labute approximate surface area is 120 Å². The second-order valence-electron chi connectivity index (χ2n) is 4.13. The molecule has 20 heavy (non-hydrogen) atoms. The Morgan fingerprint density at radius 1 is 1.40 bits per heavy atom. The molecule has 0 aliphatic heterocycles. The summed E-state index contributed by atoms with van der Waals surface area (Å²) in [6.45, 7) is -1.76. The van der Waals surface area contributed by atoms with E-state index in [4.69, 9.17) is 11.6 Å². The molecule has 0 amide bonds. The average Bonchev–Trinajstić information content (AvgIpc) is 2.90. The van der Waals surface area contributed by atoms with E-state index in [2.05, 4.69) is 20.0 Å². The summed E-state index contributed by atoms with van der Waals surface area (Å²) in [6.07, 6.45) is 4.12. The predicted octanol–water partition coefficient (Wildman–Crippen LogP) is 3.00. The van der Waals surface area contributed by atoms with Crippen LogP contribution in [-0.2, 0) is 13.0 Å². The fourth-order valence-corrected chi connectivity index (χ4v) is 1.96. The largest absolute Gasteiger partial charge is 0.434 e. The maximum absolute atomic E-state index is 12.3. The maximum atomic E-state index is 12.3. The Morgan fingerprint density at radius 2 is 2.25 bits per heavy atom. The number of halogens is 3. The van der Waals surface area contributed by atoms with Gasteiger partial charge in [-0.05, 0) is 18.2 Å². The van der Waals surface area contributed by atoms with Crippen molar-refractivity contribution in [2.24, 2.45) is 0 Å². The molecule has 2 aromatic rings. The molecule has 4 nitrogen and oxygen atoms in total. The number of imidazole rings is 1. The van der Waals surface area contributed by atoms with E-state index in [1.54, 1.807) is 18.6 Å². The molecule has 108 valence electrons. The summed E-state index contributed by atoms with van der Waals surface area (Å²) in [4.78, 5) is 6.90. The maximum Gasteiger partial charge on any atom is 0.387 e. The third-order valence-corrected chi connectivity index (χ3v) is 2.92. The highest BCUT2D eigenvalue weighted by Gasteiger charge is 2.10. The highest BCUT2D eigenvalue weighted by Crippen LogP contribution is 2.24. The minimum absolute atomic E-state index is 0.137. The number of nitrogens with one attached hydrogen (secondary N) is 2. The summed E-state index contributed by atoms with van der Waals surface area (Å²) in [7, 11) is 0. The van der Waals surface area contributed by atoms with Crippen LogP contribution in [0, 0.1) is 0 Å². The fraction of sp³-hybridized carbons (Fsp3) is 0.308. The van der Waals surface area contributed by atoms with Gasteiger partial charge in [-0.3, -0.25) is 0 Å². The van der Waals surface area contributed by atoms with Crippen LogP contribution >= 0.6 is 11.6 Å². The van der Waals surface area contributed by atoms with Gasteiger partial charge in [0.15, 0.2) is 0 Å². The molecule has 1 aromatic heterocycles. The van der Waals surface area contributed by atoms with Crippen molar-refractivity contribution >= 4 is 11.6 Å². The number of alkyl halides is 2. The van der Waals surface area contributed by atoms with Crippen molar-refractivity contribution in [1.82, 2.24) is 15.3 Å². The van der Waals surface area contributed by atoms with Crippen LogP contribution in [0.1, 0.15) is 11.3 Å². The summed E-state index contributed by atoms with van der Waals surface area (Å²) >= 11 is 5.86. The van der Waals surface area contributed by atoms with Crippen LogP contribution in [0.3, 0.4) is 0 Å². The highest BCUT2D eigenvalue weighted by atomic mass is 35.5. The van der Waals surface area contributed by atoms with Crippen LogP contribution in [0.15, 0.2) is 30.7 Å². The number of hydrogen-bond donors (Lipinski definition) is 2. The number of hydrogen-bond acceptors (Lipinski definition) is 3. The summed E-state index contributed by atoms with van der Waals surface area (Å²) in [6, 6.07) is 4.58. The summed E-state index contributed by atoms with van der Waals surface area (Å²) in [5.74, 6) is 0.137. The van der Waals surface area contributed by atoms with Gasteiger partial charge in [0.25, 0.3) is 0 Å². The molecule has 1 aromatic carbocycles. The lowest BCUT2D eigenvalue weighted by molar-refractivity contribution is -0.0504. The van der Waals surface area contributed by atoms with Gasteiger partial charge in [-0.1, -0.05) is 11.6 Å². The van der Waals surface area contributed by atoms with Crippen molar-refractivity contribution < 1.29 is 13.5 Å². The minimum Gasteiger partial charge on any atom is -0.434 e. The summed E-state index contributed by atoms with van der Waals surface area (Å²) in [5.41, 5.74) is 1.61. The zero-order valence-corrected chi connectivity index (χ0v) is 11.3. The first-order valence-corrected chi connectivity index (χ1v) is 6.44. The number of benzene rings is 1. The van der Waals surface area contributed by atoms with Crippen LogP contribution in [0.25, 0.3) is 0 Å². The molecule has 0 aliphatic carbocycles. The van der Waals surface area contributed by atoms with Crippen molar-refractivity contribution in [2.75, 3.05) is 6.54 Å². The Kier molecular flexibility index (Phi) is 5.31. The monoisotopic (exact) mass is 301 g/mol. The van der Waals surface area contributed by atoms with Gasteiger partial charge in [0.1, 0.15) is 5.75 Å². The Hall–Kier alpha value is -1.66. The molecule has 0 spiro atoms. The zero-order valence-electron chi connectivity index (χ0n) is 10.6. The molecule has 0 atom stereocenters. The minimum atomic E-state index is -2.85. The van der Waals surface area contributed by atoms with Crippen LogP contribution in [-0.4, -0.2) is 23.1 Å². The molecule has 0 bridgehead atoms. The van der Waals surface area contributed by atoms with E-state index in [9.17, 15) is 8.78 Å².